The van der Waals surface area contributed by atoms with Crippen LogP contribution < -0.4 is 5.32 Å². The first-order valence-electron chi connectivity index (χ1n) is 8.68. The Morgan fingerprint density at radius 3 is 2.64 bits per heavy atom. The number of nitrogens with zero attached hydrogens (tertiary/aromatic N) is 2. The van der Waals surface area contributed by atoms with E-state index in [0.717, 1.165) is 5.56 Å². The number of ether oxygens (including phenoxy) is 1. The number of benzene rings is 1. The summed E-state index contributed by atoms with van der Waals surface area (Å²) in [4.78, 5) is 28.7. The van der Waals surface area contributed by atoms with Crippen LogP contribution in [0.3, 0.4) is 0 Å². The zero-order chi connectivity index (χ0) is 17.5. The van der Waals surface area contributed by atoms with Crippen LogP contribution in [0, 0.1) is 5.41 Å². The molecule has 0 radical (unpaired) electrons. The number of cyclic esters (lactones) is 1. The second-order valence-corrected chi connectivity index (χ2v) is 7.36. The van der Waals surface area contributed by atoms with E-state index in [-0.39, 0.29) is 25.2 Å². The first-order chi connectivity index (χ1) is 12.1. The topological polar surface area (TPSA) is 82.1 Å². The largest absolute Gasteiger partial charge is 0.447 e. The van der Waals surface area contributed by atoms with Crippen molar-refractivity contribution in [2.24, 2.45) is 5.41 Å². The van der Waals surface area contributed by atoms with Crippen molar-refractivity contribution in [1.82, 2.24) is 15.1 Å². The van der Waals surface area contributed by atoms with Crippen molar-refractivity contribution in [3.05, 3.63) is 35.9 Å². The van der Waals surface area contributed by atoms with E-state index in [2.05, 4.69) is 5.32 Å². The van der Waals surface area contributed by atoms with Gasteiger partial charge in [-0.05, 0) is 5.56 Å². The highest BCUT2D eigenvalue weighted by Gasteiger charge is 2.54. The Bertz CT molecular complexity index is 671. The average molecular weight is 345 g/mol. The fourth-order valence-corrected chi connectivity index (χ4v) is 4.10. The molecule has 4 rings (SSSR count). The molecule has 2 N–H and O–H groups in total. The standard InChI is InChI=1S/C18H23N3O4/c22-12-17(9-19-10-17)15(23)20-6-7-21-16(24)25-13-18(21,11-20)8-14-4-2-1-3-5-14/h1-5,19,22H,6-13H2. The Labute approximate surface area is 146 Å². The molecule has 3 aliphatic heterocycles. The summed E-state index contributed by atoms with van der Waals surface area (Å²) in [6, 6.07) is 9.96. The molecule has 7 heteroatoms. The molecule has 25 heavy (non-hydrogen) atoms. The van der Waals surface area contributed by atoms with Crippen LogP contribution >= 0.6 is 0 Å². The fourth-order valence-electron chi connectivity index (χ4n) is 4.10. The zero-order valence-corrected chi connectivity index (χ0v) is 14.1. The maximum absolute atomic E-state index is 13.0. The number of nitrogens with one attached hydrogen (secondary N) is 1. The minimum Gasteiger partial charge on any atom is -0.447 e. The van der Waals surface area contributed by atoms with E-state index in [1.807, 2.05) is 30.3 Å². The number of hydrogen-bond acceptors (Lipinski definition) is 5. The number of aliphatic hydroxyl groups is 1. The molecular formula is C18H23N3O4. The van der Waals surface area contributed by atoms with Crippen molar-refractivity contribution in [1.29, 1.82) is 0 Å². The first kappa shape index (κ1) is 16.4. The van der Waals surface area contributed by atoms with Crippen LogP contribution in [0.25, 0.3) is 0 Å². The first-order valence-corrected chi connectivity index (χ1v) is 8.68. The predicted molar refractivity (Wildman–Crippen MR) is 89.9 cm³/mol. The lowest BCUT2D eigenvalue weighted by Gasteiger charge is -2.49. The van der Waals surface area contributed by atoms with Gasteiger partial charge in [-0.3, -0.25) is 9.69 Å². The third-order valence-corrected chi connectivity index (χ3v) is 5.68. The van der Waals surface area contributed by atoms with Crippen molar-refractivity contribution in [2.45, 2.75) is 12.0 Å². The van der Waals surface area contributed by atoms with Gasteiger partial charge in [-0.1, -0.05) is 30.3 Å². The SMILES string of the molecule is O=C1OCC2(Cc3ccccc3)CN(C(=O)C3(CO)CNC3)CCN12. The lowest BCUT2D eigenvalue weighted by molar-refractivity contribution is -0.152. The van der Waals surface area contributed by atoms with Crippen molar-refractivity contribution in [2.75, 3.05) is 45.9 Å². The van der Waals surface area contributed by atoms with Gasteiger partial charge in [0, 0.05) is 39.1 Å². The van der Waals surface area contributed by atoms with Crippen LogP contribution in [0.15, 0.2) is 30.3 Å². The van der Waals surface area contributed by atoms with E-state index in [9.17, 15) is 14.7 Å². The summed E-state index contributed by atoms with van der Waals surface area (Å²) in [5, 5.41) is 12.8. The average Bonchev–Trinajstić information content (AvgIpc) is 2.91. The molecule has 3 heterocycles. The van der Waals surface area contributed by atoms with Crippen LogP contribution in [0.5, 0.6) is 0 Å². The van der Waals surface area contributed by atoms with Crippen LogP contribution in [0.2, 0.25) is 0 Å². The minimum absolute atomic E-state index is 0.0276. The number of hydrogen-bond donors (Lipinski definition) is 2. The van der Waals surface area contributed by atoms with Gasteiger partial charge in [0.15, 0.2) is 0 Å². The van der Waals surface area contributed by atoms with Crippen molar-refractivity contribution >= 4 is 12.0 Å². The van der Waals surface area contributed by atoms with E-state index >= 15 is 0 Å². The smallest absolute Gasteiger partial charge is 0.410 e. The summed E-state index contributed by atoms with van der Waals surface area (Å²) in [7, 11) is 0. The van der Waals surface area contributed by atoms with E-state index in [0.29, 0.717) is 39.1 Å². The zero-order valence-electron chi connectivity index (χ0n) is 14.1. The number of amides is 2. The number of carbonyl (C=O) groups is 2. The third-order valence-electron chi connectivity index (χ3n) is 5.68. The molecule has 0 aliphatic carbocycles. The Kier molecular flexibility index (Phi) is 3.92. The lowest BCUT2D eigenvalue weighted by atomic mass is 9.79. The molecule has 2 amide bonds. The Balaban J connectivity index is 1.58. The fraction of sp³-hybridized carbons (Fsp3) is 0.556. The van der Waals surface area contributed by atoms with E-state index in [1.54, 1.807) is 9.80 Å². The van der Waals surface area contributed by atoms with Gasteiger partial charge in [0.1, 0.15) is 12.1 Å². The molecule has 3 fully saturated rings. The second-order valence-electron chi connectivity index (χ2n) is 7.36. The monoisotopic (exact) mass is 345 g/mol. The van der Waals surface area contributed by atoms with Crippen LogP contribution in [0.1, 0.15) is 5.56 Å². The highest BCUT2D eigenvalue weighted by Crippen LogP contribution is 2.34. The second kappa shape index (κ2) is 6.00. The van der Waals surface area contributed by atoms with E-state index in [1.165, 1.54) is 0 Å². The van der Waals surface area contributed by atoms with Crippen molar-refractivity contribution < 1.29 is 19.4 Å². The molecule has 3 aliphatic rings. The van der Waals surface area contributed by atoms with Gasteiger partial charge in [0.2, 0.25) is 5.91 Å². The maximum Gasteiger partial charge on any atom is 0.410 e. The Morgan fingerprint density at radius 2 is 2.00 bits per heavy atom. The van der Waals surface area contributed by atoms with E-state index < -0.39 is 11.0 Å². The maximum atomic E-state index is 13.0. The molecule has 3 saturated heterocycles. The summed E-state index contributed by atoms with van der Waals surface area (Å²) in [6.07, 6.45) is 0.346. The molecular weight excluding hydrogens is 322 g/mol. The van der Waals surface area contributed by atoms with E-state index in [4.69, 9.17) is 4.74 Å². The molecule has 1 atom stereocenters. The quantitative estimate of drug-likeness (QED) is 0.793. The summed E-state index contributed by atoms with van der Waals surface area (Å²) >= 11 is 0. The minimum atomic E-state index is -0.709. The number of rotatable bonds is 4. The molecule has 0 bridgehead atoms. The normalized spacial score (nSPS) is 27.5. The Morgan fingerprint density at radius 1 is 1.24 bits per heavy atom. The van der Waals surface area contributed by atoms with Crippen molar-refractivity contribution in [3.8, 4) is 0 Å². The van der Waals surface area contributed by atoms with Crippen LogP contribution in [0.4, 0.5) is 4.79 Å². The number of aliphatic hydroxyl groups excluding tert-OH is 1. The summed E-state index contributed by atoms with van der Waals surface area (Å²) in [5.74, 6) is -0.0276. The van der Waals surface area contributed by atoms with Crippen LogP contribution in [-0.4, -0.2) is 78.4 Å². The van der Waals surface area contributed by atoms with Gasteiger partial charge >= 0.3 is 6.09 Å². The molecule has 7 nitrogen and oxygen atoms in total. The highest BCUT2D eigenvalue weighted by atomic mass is 16.6. The van der Waals surface area contributed by atoms with Crippen LogP contribution in [-0.2, 0) is 16.0 Å². The molecule has 1 aromatic rings. The van der Waals surface area contributed by atoms with Gasteiger partial charge in [-0.2, -0.15) is 0 Å². The lowest BCUT2D eigenvalue weighted by Crippen LogP contribution is -2.69. The molecule has 0 saturated carbocycles. The summed E-state index contributed by atoms with van der Waals surface area (Å²) in [5.41, 5.74) is -0.123. The van der Waals surface area contributed by atoms with Gasteiger partial charge in [-0.25, -0.2) is 4.79 Å². The summed E-state index contributed by atoms with van der Waals surface area (Å²) < 4.78 is 5.34. The third kappa shape index (κ3) is 2.58. The van der Waals surface area contributed by atoms with Crippen molar-refractivity contribution in [3.63, 3.8) is 0 Å². The van der Waals surface area contributed by atoms with Gasteiger partial charge < -0.3 is 20.1 Å². The molecule has 134 valence electrons. The molecule has 1 unspecified atom stereocenters. The van der Waals surface area contributed by atoms with Gasteiger partial charge in [0.25, 0.3) is 0 Å². The number of carbonyl (C=O) groups excluding carboxylic acids is 2. The number of piperazine rings is 1. The van der Waals surface area contributed by atoms with Gasteiger partial charge in [0.05, 0.1) is 12.0 Å². The summed E-state index contributed by atoms with van der Waals surface area (Å²) in [6.45, 7) is 2.52. The Hall–Kier alpha value is -2.12. The van der Waals surface area contributed by atoms with Gasteiger partial charge in [-0.15, -0.1) is 0 Å². The molecule has 0 spiro atoms. The predicted octanol–water partition coefficient (Wildman–Crippen LogP) is -0.156. The molecule has 1 aromatic carbocycles. The molecule has 0 aromatic heterocycles. The highest BCUT2D eigenvalue weighted by molar-refractivity contribution is 5.85. The number of fused-ring (bicyclic) bond motifs is 1.